The van der Waals surface area contributed by atoms with Gasteiger partial charge in [0, 0.05) is 11.2 Å². The van der Waals surface area contributed by atoms with Gasteiger partial charge in [-0.3, -0.25) is 0 Å². The molecule has 2 N–H and O–H groups in total. The molecule has 0 atom stereocenters. The summed E-state index contributed by atoms with van der Waals surface area (Å²) in [7, 11) is 1.91. The Hall–Kier alpha value is -0.905. The van der Waals surface area contributed by atoms with Crippen LogP contribution in [-0.4, -0.2) is 22.5 Å². The van der Waals surface area contributed by atoms with E-state index in [4.69, 9.17) is 14.9 Å². The molecular weight excluding hydrogens is 167 g/mol. The first-order valence-electron chi connectivity index (χ1n) is 3.82. The van der Waals surface area contributed by atoms with Crippen molar-refractivity contribution in [1.82, 2.24) is 0 Å². The van der Waals surface area contributed by atoms with E-state index in [1.165, 1.54) is 15.4 Å². The van der Waals surface area contributed by atoms with E-state index < -0.39 is 7.12 Å². The number of para-hydroxylation sites is 1. The van der Waals surface area contributed by atoms with Gasteiger partial charge in [0.05, 0.1) is 0 Å². The third-order valence-corrected chi connectivity index (χ3v) is 1.72. The largest absolute Gasteiger partial charge is 0.467 e. The van der Waals surface area contributed by atoms with E-state index in [1.807, 2.05) is 18.2 Å². The summed E-state index contributed by atoms with van der Waals surface area (Å²) in [5, 5.41) is 0. The van der Waals surface area contributed by atoms with Crippen LogP contribution in [-0.2, 0) is 13.7 Å². The van der Waals surface area contributed by atoms with Crippen LogP contribution in [0.1, 0.15) is 0 Å². The van der Waals surface area contributed by atoms with Gasteiger partial charge in [0.15, 0.2) is 0 Å². The maximum Gasteiger partial charge on any atom is 0.467 e. The van der Waals surface area contributed by atoms with E-state index in [0.29, 0.717) is 5.69 Å². The zero-order valence-corrected chi connectivity index (χ0v) is 6.84. The first kappa shape index (κ1) is 8.68. The Morgan fingerprint density at radius 1 is 1.15 bits per heavy atom. The standard InChI is InChI=1S/C6H6B3NO3/c10-6-4-2-1-3-5(6)9-12-7-11-8-13-9/h1-4H,10H2. The smallest absolute Gasteiger partial charge is 0.457 e. The van der Waals surface area contributed by atoms with Gasteiger partial charge in [-0.25, -0.2) is 0 Å². The second-order valence-electron chi connectivity index (χ2n) is 2.56. The second kappa shape index (κ2) is 3.87. The minimum absolute atomic E-state index is 0.505. The number of nitrogens with two attached hydrogens (primary N) is 1. The molecule has 2 rings (SSSR count). The normalized spacial score (nSPS) is 16.2. The Bertz CT molecular complexity index is 292. The summed E-state index contributed by atoms with van der Waals surface area (Å²) in [4.78, 5) is 0. The van der Waals surface area contributed by atoms with Gasteiger partial charge in [-0.1, -0.05) is 18.2 Å². The van der Waals surface area contributed by atoms with Crippen molar-refractivity contribution in [3.8, 4) is 0 Å². The van der Waals surface area contributed by atoms with Gasteiger partial charge in [-0.05, 0) is 6.07 Å². The van der Waals surface area contributed by atoms with E-state index >= 15 is 0 Å². The summed E-state index contributed by atoms with van der Waals surface area (Å²) in [6, 6.07) is 7.35. The second-order valence-corrected chi connectivity index (χ2v) is 2.56. The van der Waals surface area contributed by atoms with Gasteiger partial charge in [-0.2, -0.15) is 0 Å². The molecule has 0 saturated carbocycles. The molecule has 1 saturated heterocycles. The average molecular weight is 173 g/mol. The third-order valence-electron chi connectivity index (χ3n) is 1.72. The molecule has 0 spiro atoms. The maximum atomic E-state index is 5.72. The van der Waals surface area contributed by atoms with E-state index in [-0.39, 0.29) is 0 Å². The predicted molar refractivity (Wildman–Crippen MR) is 51.0 cm³/mol. The Morgan fingerprint density at radius 2 is 1.85 bits per heavy atom. The van der Waals surface area contributed by atoms with Crippen LogP contribution in [0.15, 0.2) is 24.3 Å². The molecule has 0 unspecified atom stereocenters. The fraction of sp³-hybridized carbons (Fsp3) is 0. The molecule has 1 aromatic rings. The first-order chi connectivity index (χ1) is 6.38. The average Bonchev–Trinajstić information content (AvgIpc) is 2.20. The molecule has 2 radical (unpaired) electrons. The zero-order chi connectivity index (χ0) is 9.10. The van der Waals surface area contributed by atoms with Crippen LogP contribution in [0.4, 0.5) is 5.69 Å². The van der Waals surface area contributed by atoms with E-state index in [0.717, 1.165) is 5.46 Å². The van der Waals surface area contributed by atoms with Crippen LogP contribution in [0.5, 0.6) is 0 Å². The molecule has 4 nitrogen and oxygen atoms in total. The third kappa shape index (κ3) is 1.88. The van der Waals surface area contributed by atoms with Gasteiger partial charge in [-0.15, -0.1) is 0 Å². The maximum absolute atomic E-state index is 5.72. The lowest BCUT2D eigenvalue weighted by Gasteiger charge is -2.19. The summed E-state index contributed by atoms with van der Waals surface area (Å²) in [6.07, 6.45) is 0. The lowest BCUT2D eigenvalue weighted by Crippen LogP contribution is -2.45. The molecule has 7 heteroatoms. The summed E-state index contributed by atoms with van der Waals surface area (Å²) >= 11 is 0. The van der Waals surface area contributed by atoms with E-state index in [1.54, 1.807) is 6.07 Å². The Morgan fingerprint density at radius 3 is 2.54 bits per heavy atom. The highest BCUT2D eigenvalue weighted by molar-refractivity contribution is 6.72. The van der Waals surface area contributed by atoms with Crippen molar-refractivity contribution in [2.24, 2.45) is 0 Å². The molecule has 62 valence electrons. The fourth-order valence-corrected chi connectivity index (χ4v) is 1.09. The number of anilines is 1. The molecular formula is C6H6B3NO3. The molecule has 0 aromatic heterocycles. The molecule has 0 amide bonds. The van der Waals surface area contributed by atoms with Crippen molar-refractivity contribution in [2.45, 2.75) is 0 Å². The van der Waals surface area contributed by atoms with Crippen molar-refractivity contribution in [1.29, 1.82) is 0 Å². The Labute approximate surface area is 78.1 Å². The van der Waals surface area contributed by atoms with Gasteiger partial charge < -0.3 is 19.4 Å². The van der Waals surface area contributed by atoms with Gasteiger partial charge in [0.2, 0.25) is 0 Å². The lowest BCUT2D eigenvalue weighted by molar-refractivity contribution is 0.334. The number of nitrogen functional groups attached to an aromatic ring is 1. The van der Waals surface area contributed by atoms with Gasteiger partial charge >= 0.3 is 22.5 Å². The van der Waals surface area contributed by atoms with Crippen LogP contribution in [0, 0.1) is 0 Å². The van der Waals surface area contributed by atoms with Gasteiger partial charge in [0.1, 0.15) is 0 Å². The van der Waals surface area contributed by atoms with Crippen LogP contribution in [0.2, 0.25) is 0 Å². The number of hydrogen-bond acceptors (Lipinski definition) is 4. The molecule has 1 aliphatic heterocycles. The summed E-state index contributed by atoms with van der Waals surface area (Å²) in [5.74, 6) is 0. The minimum Gasteiger partial charge on any atom is -0.457 e. The quantitative estimate of drug-likeness (QED) is 0.441. The number of benzene rings is 1. The molecule has 0 aliphatic carbocycles. The fourth-order valence-electron chi connectivity index (χ4n) is 1.09. The molecule has 13 heavy (non-hydrogen) atoms. The molecule has 1 fully saturated rings. The topological polar surface area (TPSA) is 53.7 Å². The Balaban J connectivity index is 2.18. The molecule has 1 aromatic carbocycles. The van der Waals surface area contributed by atoms with Crippen LogP contribution in [0.3, 0.4) is 0 Å². The molecule has 0 bridgehead atoms. The highest BCUT2D eigenvalue weighted by atomic mass is 16.7. The number of rotatable bonds is 1. The first-order valence-corrected chi connectivity index (χ1v) is 3.82. The SMILES string of the molecule is Nc1ccccc1B1O[B]O[B]O1. The van der Waals surface area contributed by atoms with Crippen molar-refractivity contribution in [3.63, 3.8) is 0 Å². The van der Waals surface area contributed by atoms with Crippen molar-refractivity contribution in [3.05, 3.63) is 24.3 Å². The van der Waals surface area contributed by atoms with Gasteiger partial charge in [0.25, 0.3) is 0 Å². The Kier molecular flexibility index (Phi) is 2.58. The summed E-state index contributed by atoms with van der Waals surface area (Å²) < 4.78 is 14.8. The van der Waals surface area contributed by atoms with E-state index in [2.05, 4.69) is 4.57 Å². The highest BCUT2D eigenvalue weighted by Gasteiger charge is 2.27. The molecule has 1 aliphatic rings. The summed E-state index contributed by atoms with van der Waals surface area (Å²) in [6.45, 7) is 0. The van der Waals surface area contributed by atoms with Crippen molar-refractivity contribution >= 4 is 33.6 Å². The predicted octanol–water partition coefficient (Wildman–Crippen LogP) is -0.904. The monoisotopic (exact) mass is 173 g/mol. The van der Waals surface area contributed by atoms with E-state index in [9.17, 15) is 0 Å². The highest BCUT2D eigenvalue weighted by Crippen LogP contribution is 2.03. The van der Waals surface area contributed by atoms with Crippen LogP contribution in [0.25, 0.3) is 0 Å². The zero-order valence-electron chi connectivity index (χ0n) is 6.84. The minimum atomic E-state index is -0.505. The van der Waals surface area contributed by atoms with Crippen molar-refractivity contribution < 1.29 is 13.7 Å². The van der Waals surface area contributed by atoms with Crippen LogP contribution < -0.4 is 11.2 Å². The van der Waals surface area contributed by atoms with Crippen molar-refractivity contribution in [2.75, 3.05) is 5.73 Å². The molecule has 1 heterocycles. The van der Waals surface area contributed by atoms with Crippen LogP contribution >= 0.6 is 0 Å². The number of hydrogen-bond donors (Lipinski definition) is 1. The summed E-state index contributed by atoms with van der Waals surface area (Å²) in [5.41, 5.74) is 7.15. The lowest BCUT2D eigenvalue weighted by atomic mass is 9.74.